The molecule has 1 aliphatic heterocycles. The summed E-state index contributed by atoms with van der Waals surface area (Å²) in [7, 11) is 0.0998. The number of hydrogen-bond acceptors (Lipinski definition) is 7. The number of aliphatic hydroxyl groups excluding tert-OH is 2. The molecule has 0 unspecified atom stereocenters. The lowest BCUT2D eigenvalue weighted by Crippen LogP contribution is -3.00. The zero-order valence-corrected chi connectivity index (χ0v) is 15.1. The lowest BCUT2D eigenvalue weighted by Gasteiger charge is -2.16. The van der Waals surface area contributed by atoms with E-state index in [1.807, 2.05) is 0 Å². The first-order valence-corrected chi connectivity index (χ1v) is 8.69. The summed E-state index contributed by atoms with van der Waals surface area (Å²) in [6.45, 7) is 0. The summed E-state index contributed by atoms with van der Waals surface area (Å²) < 4.78 is 7.41. The normalized spacial score (nSPS) is 28.2. The van der Waals surface area contributed by atoms with E-state index < -0.39 is 24.5 Å². The Morgan fingerprint density at radius 2 is 2.00 bits per heavy atom. The molecule has 1 fully saturated rings. The van der Waals surface area contributed by atoms with Crippen LogP contribution in [0.25, 0.3) is 11.2 Å². The molecule has 0 aromatic carbocycles. The molecule has 2 aromatic rings. The standard InChI is InChI=1S/C12H18N5O3S.HI/c1-21(2)3-6-8(18)9(19)12(20-6)17-5-16-7-10(13)14-4-15-11(7)17;/h4-6,8-9,12,18-19H,3H2,1-2H3,(H2,13,14,15);1H/q+1;/p-1/t6-,8-,9-,12-;/m1./s1. The van der Waals surface area contributed by atoms with Crippen LogP contribution in [-0.2, 0) is 15.6 Å². The van der Waals surface area contributed by atoms with Crippen LogP contribution in [0.3, 0.4) is 0 Å². The molecule has 1 aliphatic rings. The number of nitrogen functional groups attached to an aromatic ring is 1. The monoisotopic (exact) mass is 439 g/mol. The van der Waals surface area contributed by atoms with Crippen LogP contribution < -0.4 is 29.7 Å². The molecule has 0 saturated carbocycles. The topological polar surface area (TPSA) is 119 Å². The Balaban J connectivity index is 0.00000176. The second-order valence-corrected chi connectivity index (χ2v) is 7.59. The maximum absolute atomic E-state index is 10.2. The van der Waals surface area contributed by atoms with Gasteiger partial charge in [-0.1, -0.05) is 0 Å². The Bertz CT molecular complexity index is 655. The van der Waals surface area contributed by atoms with Gasteiger partial charge >= 0.3 is 0 Å². The largest absolute Gasteiger partial charge is 1.00 e. The average Bonchev–Trinajstić information content (AvgIpc) is 2.96. The van der Waals surface area contributed by atoms with Crippen LogP contribution in [0.15, 0.2) is 12.7 Å². The van der Waals surface area contributed by atoms with Crippen molar-refractivity contribution in [1.82, 2.24) is 19.5 Å². The quantitative estimate of drug-likeness (QED) is 0.329. The van der Waals surface area contributed by atoms with Crippen LogP contribution in [0.2, 0.25) is 0 Å². The van der Waals surface area contributed by atoms with Crippen molar-refractivity contribution in [3.63, 3.8) is 0 Å². The molecular formula is C12H18IN5O3S. The third-order valence-corrected chi connectivity index (χ3v) is 4.49. The molecule has 3 heterocycles. The van der Waals surface area contributed by atoms with Gasteiger partial charge in [0.2, 0.25) is 0 Å². The van der Waals surface area contributed by atoms with Gasteiger partial charge in [-0.05, 0) is 10.9 Å². The first-order chi connectivity index (χ1) is 9.99. The average molecular weight is 439 g/mol. The van der Waals surface area contributed by atoms with Gasteiger partial charge in [-0.3, -0.25) is 4.57 Å². The van der Waals surface area contributed by atoms with Crippen LogP contribution in [-0.4, -0.2) is 66.3 Å². The predicted octanol–water partition coefficient (Wildman–Crippen LogP) is -4.09. The number of halogens is 1. The number of rotatable bonds is 3. The van der Waals surface area contributed by atoms with Crippen LogP contribution in [0.4, 0.5) is 5.82 Å². The summed E-state index contributed by atoms with van der Waals surface area (Å²) in [4.78, 5) is 12.2. The number of fused-ring (bicyclic) bond motifs is 1. The van der Waals surface area contributed by atoms with Crippen LogP contribution in [0, 0.1) is 0 Å². The zero-order chi connectivity index (χ0) is 15.1. The van der Waals surface area contributed by atoms with Gasteiger partial charge in [-0.25, -0.2) is 15.0 Å². The number of hydrogen-bond donors (Lipinski definition) is 3. The summed E-state index contributed by atoms with van der Waals surface area (Å²) in [6.07, 6.45) is 3.87. The summed E-state index contributed by atoms with van der Waals surface area (Å²) in [5.74, 6) is 0.963. The van der Waals surface area contributed by atoms with Crippen molar-refractivity contribution >= 4 is 27.9 Å². The summed E-state index contributed by atoms with van der Waals surface area (Å²) in [6, 6.07) is 0. The van der Waals surface area contributed by atoms with Crippen molar-refractivity contribution in [3.05, 3.63) is 12.7 Å². The molecule has 3 rings (SSSR count). The van der Waals surface area contributed by atoms with E-state index >= 15 is 0 Å². The first-order valence-electron chi connectivity index (χ1n) is 6.48. The van der Waals surface area contributed by atoms with Gasteiger partial charge < -0.3 is 44.7 Å². The van der Waals surface area contributed by atoms with E-state index in [2.05, 4.69) is 27.5 Å². The lowest BCUT2D eigenvalue weighted by atomic mass is 10.1. The maximum Gasteiger partial charge on any atom is 0.167 e. The Morgan fingerprint density at radius 3 is 2.68 bits per heavy atom. The van der Waals surface area contributed by atoms with Crippen molar-refractivity contribution in [2.45, 2.75) is 24.5 Å². The summed E-state index contributed by atoms with van der Waals surface area (Å²) in [5.41, 5.74) is 6.68. The molecular weight excluding hydrogens is 421 g/mol. The number of nitrogens with zero attached hydrogens (tertiary/aromatic N) is 4. The molecule has 0 radical (unpaired) electrons. The highest BCUT2D eigenvalue weighted by Crippen LogP contribution is 2.32. The summed E-state index contributed by atoms with van der Waals surface area (Å²) in [5, 5.41) is 20.4. The minimum absolute atomic E-state index is 0. The fourth-order valence-corrected chi connectivity index (χ4v) is 3.41. The predicted molar refractivity (Wildman–Crippen MR) is 79.7 cm³/mol. The smallest absolute Gasteiger partial charge is 0.167 e. The van der Waals surface area contributed by atoms with E-state index in [1.54, 1.807) is 4.57 Å². The van der Waals surface area contributed by atoms with Crippen molar-refractivity contribution in [3.8, 4) is 0 Å². The Labute approximate surface area is 147 Å². The highest BCUT2D eigenvalue weighted by atomic mass is 127. The molecule has 0 amide bonds. The van der Waals surface area contributed by atoms with Crippen molar-refractivity contribution in [2.24, 2.45) is 0 Å². The van der Waals surface area contributed by atoms with E-state index in [0.717, 1.165) is 0 Å². The molecule has 4 N–H and O–H groups in total. The maximum atomic E-state index is 10.2. The molecule has 0 aliphatic carbocycles. The molecule has 10 heteroatoms. The third-order valence-electron chi connectivity index (χ3n) is 3.50. The second-order valence-electron chi connectivity index (χ2n) is 5.28. The van der Waals surface area contributed by atoms with E-state index in [1.165, 1.54) is 12.7 Å². The van der Waals surface area contributed by atoms with Gasteiger partial charge in [0.05, 0.1) is 18.8 Å². The van der Waals surface area contributed by atoms with Gasteiger partial charge in [0.15, 0.2) is 17.7 Å². The van der Waals surface area contributed by atoms with Gasteiger partial charge in [-0.15, -0.1) is 0 Å². The molecule has 0 bridgehead atoms. The van der Waals surface area contributed by atoms with Crippen molar-refractivity contribution in [2.75, 3.05) is 24.0 Å². The van der Waals surface area contributed by atoms with E-state index in [4.69, 9.17) is 10.5 Å². The molecule has 2 aromatic heterocycles. The molecule has 22 heavy (non-hydrogen) atoms. The Kier molecular flexibility index (Phi) is 5.48. The van der Waals surface area contributed by atoms with Gasteiger partial charge in [0.1, 0.15) is 35.9 Å². The van der Waals surface area contributed by atoms with Gasteiger partial charge in [-0.2, -0.15) is 0 Å². The molecule has 8 nitrogen and oxygen atoms in total. The van der Waals surface area contributed by atoms with E-state index in [0.29, 0.717) is 16.9 Å². The fraction of sp³-hybridized carbons (Fsp3) is 0.583. The number of aliphatic hydroxyl groups is 2. The van der Waals surface area contributed by atoms with Crippen molar-refractivity contribution in [1.29, 1.82) is 0 Å². The van der Waals surface area contributed by atoms with Gasteiger partial charge in [0.25, 0.3) is 0 Å². The molecule has 122 valence electrons. The Hall–Kier alpha value is -0.690. The lowest BCUT2D eigenvalue weighted by molar-refractivity contribution is -0.0289. The van der Waals surface area contributed by atoms with Crippen LogP contribution in [0.5, 0.6) is 0 Å². The van der Waals surface area contributed by atoms with Crippen LogP contribution >= 0.6 is 0 Å². The number of nitrogens with two attached hydrogens (primary N) is 1. The minimum Gasteiger partial charge on any atom is -1.00 e. The molecule has 4 atom stereocenters. The number of aromatic nitrogens is 4. The zero-order valence-electron chi connectivity index (χ0n) is 12.1. The number of imidazole rings is 1. The minimum atomic E-state index is -1.04. The van der Waals surface area contributed by atoms with Crippen molar-refractivity contribution < 1.29 is 38.9 Å². The molecule has 1 saturated heterocycles. The van der Waals surface area contributed by atoms with Gasteiger partial charge in [0, 0.05) is 0 Å². The highest BCUT2D eigenvalue weighted by molar-refractivity contribution is 7.95. The third kappa shape index (κ3) is 3.02. The van der Waals surface area contributed by atoms with E-state index in [-0.39, 0.29) is 40.7 Å². The van der Waals surface area contributed by atoms with Crippen LogP contribution in [0.1, 0.15) is 6.23 Å². The number of ether oxygens (including phenoxy) is 1. The number of anilines is 1. The highest BCUT2D eigenvalue weighted by Gasteiger charge is 2.46. The fourth-order valence-electron chi connectivity index (χ4n) is 2.48. The molecule has 0 spiro atoms. The summed E-state index contributed by atoms with van der Waals surface area (Å²) >= 11 is 0. The Morgan fingerprint density at radius 1 is 1.27 bits per heavy atom. The second kappa shape index (κ2) is 6.83. The SMILES string of the molecule is C[S+](C)C[C@H]1O[C@@H](n2cnc3c(N)ncnc32)[C@H](O)[C@@H]1O.[I-]. The first kappa shape index (κ1) is 17.7. The van der Waals surface area contributed by atoms with E-state index in [9.17, 15) is 10.2 Å².